The van der Waals surface area contributed by atoms with Gasteiger partial charge in [-0.2, -0.15) is 0 Å². The van der Waals surface area contributed by atoms with E-state index in [1.807, 2.05) is 0 Å². The van der Waals surface area contributed by atoms with E-state index in [1.165, 1.54) is 6.42 Å². The molecule has 0 aromatic heterocycles. The van der Waals surface area contributed by atoms with Gasteiger partial charge in [0.1, 0.15) is 0 Å². The third-order valence-corrected chi connectivity index (χ3v) is 4.15. The molecule has 0 spiro atoms. The highest BCUT2D eigenvalue weighted by Gasteiger charge is 2.16. The number of halogens is 2. The molecule has 0 radical (unpaired) electrons. The molecule has 1 aliphatic rings. The van der Waals surface area contributed by atoms with Gasteiger partial charge in [-0.1, -0.05) is 29.3 Å². The number of piperidine rings is 1. The Kier molecular flexibility index (Phi) is 6.34. The zero-order chi connectivity index (χ0) is 15.9. The van der Waals surface area contributed by atoms with Crippen molar-refractivity contribution in [2.75, 3.05) is 19.6 Å². The van der Waals surface area contributed by atoms with E-state index in [9.17, 15) is 9.59 Å². The SMILES string of the molecule is O=C(NCC(=O)N1CCCCC1)NCc1ccc(Cl)cc1Cl. The third-order valence-electron chi connectivity index (χ3n) is 3.56. The highest BCUT2D eigenvalue weighted by molar-refractivity contribution is 6.35. The van der Waals surface area contributed by atoms with Gasteiger partial charge in [0.15, 0.2) is 0 Å². The van der Waals surface area contributed by atoms with Crippen molar-refractivity contribution in [3.05, 3.63) is 33.8 Å². The monoisotopic (exact) mass is 343 g/mol. The number of likely N-dealkylation sites (tertiary alicyclic amines) is 1. The summed E-state index contributed by atoms with van der Waals surface area (Å²) >= 11 is 11.8. The molecule has 1 saturated heterocycles. The van der Waals surface area contributed by atoms with Crippen molar-refractivity contribution in [3.63, 3.8) is 0 Å². The topological polar surface area (TPSA) is 61.4 Å². The number of benzene rings is 1. The summed E-state index contributed by atoms with van der Waals surface area (Å²) in [6.07, 6.45) is 3.24. The van der Waals surface area contributed by atoms with Crippen LogP contribution in [-0.2, 0) is 11.3 Å². The van der Waals surface area contributed by atoms with E-state index in [2.05, 4.69) is 10.6 Å². The van der Waals surface area contributed by atoms with E-state index in [4.69, 9.17) is 23.2 Å². The summed E-state index contributed by atoms with van der Waals surface area (Å²) in [5, 5.41) is 6.28. The summed E-state index contributed by atoms with van der Waals surface area (Å²) in [4.78, 5) is 25.4. The maximum absolute atomic E-state index is 11.9. The predicted octanol–water partition coefficient (Wildman–Crippen LogP) is 2.81. The van der Waals surface area contributed by atoms with Crippen LogP contribution in [0.2, 0.25) is 10.0 Å². The van der Waals surface area contributed by atoms with Crippen LogP contribution >= 0.6 is 23.2 Å². The van der Waals surface area contributed by atoms with Gasteiger partial charge >= 0.3 is 6.03 Å². The molecule has 120 valence electrons. The molecule has 2 rings (SSSR count). The summed E-state index contributed by atoms with van der Waals surface area (Å²) in [5.74, 6) is -0.0422. The number of hydrogen-bond acceptors (Lipinski definition) is 2. The van der Waals surface area contributed by atoms with Crippen LogP contribution in [0.15, 0.2) is 18.2 Å². The van der Waals surface area contributed by atoms with Crippen molar-refractivity contribution in [1.29, 1.82) is 0 Å². The Bertz CT molecular complexity index is 546. The Morgan fingerprint density at radius 1 is 1.09 bits per heavy atom. The lowest BCUT2D eigenvalue weighted by molar-refractivity contribution is -0.130. The molecule has 0 saturated carbocycles. The van der Waals surface area contributed by atoms with Gasteiger partial charge in [-0.25, -0.2) is 4.79 Å². The minimum absolute atomic E-state index is 0.0141. The lowest BCUT2D eigenvalue weighted by Crippen LogP contribution is -2.45. The molecule has 2 N–H and O–H groups in total. The molecule has 22 heavy (non-hydrogen) atoms. The van der Waals surface area contributed by atoms with Gasteiger partial charge in [0.05, 0.1) is 6.54 Å². The van der Waals surface area contributed by atoms with Gasteiger partial charge in [-0.15, -0.1) is 0 Å². The normalized spacial score (nSPS) is 14.5. The van der Waals surface area contributed by atoms with Gasteiger partial charge in [0.25, 0.3) is 0 Å². The van der Waals surface area contributed by atoms with Gasteiger partial charge < -0.3 is 15.5 Å². The summed E-state index contributed by atoms with van der Waals surface area (Å²) in [5.41, 5.74) is 0.767. The Hall–Kier alpha value is -1.46. The third kappa shape index (κ3) is 5.07. The molecule has 1 aromatic rings. The summed E-state index contributed by atoms with van der Waals surface area (Å²) in [6.45, 7) is 1.85. The molecular formula is C15H19Cl2N3O2. The smallest absolute Gasteiger partial charge is 0.315 e. The second-order valence-electron chi connectivity index (χ2n) is 5.21. The van der Waals surface area contributed by atoms with Crippen molar-refractivity contribution >= 4 is 35.1 Å². The van der Waals surface area contributed by atoms with Gasteiger partial charge in [-0.3, -0.25) is 4.79 Å². The second-order valence-corrected chi connectivity index (χ2v) is 6.06. The number of nitrogens with zero attached hydrogens (tertiary/aromatic N) is 1. The number of hydrogen-bond donors (Lipinski definition) is 2. The van der Waals surface area contributed by atoms with Crippen molar-refractivity contribution in [2.24, 2.45) is 0 Å². The van der Waals surface area contributed by atoms with Crippen molar-refractivity contribution in [1.82, 2.24) is 15.5 Å². The van der Waals surface area contributed by atoms with Crippen LogP contribution in [0.5, 0.6) is 0 Å². The molecule has 0 unspecified atom stereocenters. The Balaban J connectivity index is 1.72. The van der Waals surface area contributed by atoms with Crippen LogP contribution < -0.4 is 10.6 Å². The van der Waals surface area contributed by atoms with Crippen molar-refractivity contribution < 1.29 is 9.59 Å². The van der Waals surface area contributed by atoms with Crippen molar-refractivity contribution in [2.45, 2.75) is 25.8 Å². The number of carbonyl (C=O) groups is 2. The molecule has 1 heterocycles. The lowest BCUT2D eigenvalue weighted by atomic mass is 10.1. The fourth-order valence-electron chi connectivity index (χ4n) is 2.31. The quantitative estimate of drug-likeness (QED) is 0.882. The molecule has 5 nitrogen and oxygen atoms in total. The number of carbonyl (C=O) groups excluding carboxylic acids is 2. The molecule has 0 bridgehead atoms. The van der Waals surface area contributed by atoms with Crippen molar-refractivity contribution in [3.8, 4) is 0 Å². The minimum Gasteiger partial charge on any atom is -0.341 e. The number of amides is 3. The van der Waals surface area contributed by atoms with Crippen LogP contribution in [0.4, 0.5) is 4.79 Å². The van der Waals surface area contributed by atoms with Gasteiger partial charge in [-0.05, 0) is 37.0 Å². The molecular weight excluding hydrogens is 325 g/mol. The first kappa shape index (κ1) is 16.9. The van der Waals surface area contributed by atoms with E-state index in [1.54, 1.807) is 23.1 Å². The summed E-state index contributed by atoms with van der Waals surface area (Å²) in [7, 11) is 0. The summed E-state index contributed by atoms with van der Waals surface area (Å²) < 4.78 is 0. The second kappa shape index (κ2) is 8.25. The van der Waals surface area contributed by atoms with Gasteiger partial charge in [0, 0.05) is 29.7 Å². The Labute approximate surface area is 139 Å². The van der Waals surface area contributed by atoms with Crippen LogP contribution in [0.3, 0.4) is 0 Å². The molecule has 1 fully saturated rings. The Morgan fingerprint density at radius 2 is 1.82 bits per heavy atom. The first-order valence-corrected chi connectivity index (χ1v) is 8.05. The highest BCUT2D eigenvalue weighted by atomic mass is 35.5. The maximum Gasteiger partial charge on any atom is 0.315 e. The fraction of sp³-hybridized carbons (Fsp3) is 0.467. The summed E-state index contributed by atoms with van der Waals surface area (Å²) in [6, 6.07) is 4.70. The predicted molar refractivity (Wildman–Crippen MR) is 87.1 cm³/mol. The first-order chi connectivity index (χ1) is 10.6. The van der Waals surface area contributed by atoms with E-state index in [0.29, 0.717) is 10.0 Å². The molecule has 0 aliphatic carbocycles. The van der Waals surface area contributed by atoms with E-state index in [-0.39, 0.29) is 19.0 Å². The molecule has 0 atom stereocenters. The average molecular weight is 344 g/mol. The highest BCUT2D eigenvalue weighted by Crippen LogP contribution is 2.20. The maximum atomic E-state index is 11.9. The van der Waals surface area contributed by atoms with Crippen LogP contribution in [0.25, 0.3) is 0 Å². The van der Waals surface area contributed by atoms with Gasteiger partial charge in [0.2, 0.25) is 5.91 Å². The molecule has 7 heteroatoms. The van der Waals surface area contributed by atoms with Crippen LogP contribution in [0.1, 0.15) is 24.8 Å². The largest absolute Gasteiger partial charge is 0.341 e. The first-order valence-electron chi connectivity index (χ1n) is 7.29. The zero-order valence-electron chi connectivity index (χ0n) is 12.2. The fourth-order valence-corrected chi connectivity index (χ4v) is 2.79. The average Bonchev–Trinajstić information content (AvgIpc) is 2.52. The molecule has 1 aromatic carbocycles. The lowest BCUT2D eigenvalue weighted by Gasteiger charge is -2.26. The van der Waals surface area contributed by atoms with E-state index < -0.39 is 6.03 Å². The zero-order valence-corrected chi connectivity index (χ0v) is 13.7. The van der Waals surface area contributed by atoms with E-state index >= 15 is 0 Å². The Morgan fingerprint density at radius 3 is 2.50 bits per heavy atom. The van der Waals surface area contributed by atoms with E-state index in [0.717, 1.165) is 31.5 Å². The standard InChI is InChI=1S/C15H19Cl2N3O2/c16-12-5-4-11(13(17)8-12)9-18-15(22)19-10-14(21)20-6-2-1-3-7-20/h4-5,8H,1-3,6-7,9-10H2,(H2,18,19,22). The van der Waals surface area contributed by atoms with Crippen LogP contribution in [0, 0.1) is 0 Å². The van der Waals surface area contributed by atoms with Crippen LogP contribution in [-0.4, -0.2) is 36.5 Å². The number of urea groups is 1. The molecule has 3 amide bonds. The number of rotatable bonds is 4. The minimum atomic E-state index is -0.392. The molecule has 1 aliphatic heterocycles. The number of nitrogens with one attached hydrogen (secondary N) is 2.